The summed E-state index contributed by atoms with van der Waals surface area (Å²) in [5.41, 5.74) is 2.34. The molecule has 0 unspecified atom stereocenters. The van der Waals surface area contributed by atoms with E-state index in [1.54, 1.807) is 6.92 Å². The molecule has 1 fully saturated rings. The summed E-state index contributed by atoms with van der Waals surface area (Å²) >= 11 is 3.59. The molecule has 0 bridgehead atoms. The predicted octanol–water partition coefficient (Wildman–Crippen LogP) is 3.18. The molecule has 1 aliphatic heterocycles. The monoisotopic (exact) mass is 281 g/mol. The maximum Gasteiger partial charge on any atom is 0.134 e. The van der Waals surface area contributed by atoms with E-state index in [0.717, 1.165) is 23.1 Å². The second kappa shape index (κ2) is 5.00. The third-order valence-electron chi connectivity index (χ3n) is 2.91. The van der Waals surface area contributed by atoms with Gasteiger partial charge in [-0.25, -0.2) is 0 Å². The summed E-state index contributed by atoms with van der Waals surface area (Å²) in [6.45, 7) is 3.91. The van der Waals surface area contributed by atoms with Gasteiger partial charge in [0.2, 0.25) is 0 Å². The van der Waals surface area contributed by atoms with Gasteiger partial charge in [-0.05, 0) is 53.4 Å². The van der Waals surface area contributed by atoms with Crippen LogP contribution < -0.4 is 4.90 Å². The fraction of sp³-hybridized carbons (Fsp3) is 0.462. The number of Topliss-reactive ketones (excluding diaryl/α,β-unsaturated/α-hetero) is 1. The quantitative estimate of drug-likeness (QED) is 0.848. The van der Waals surface area contributed by atoms with Crippen molar-refractivity contribution < 1.29 is 4.79 Å². The molecule has 0 aliphatic carbocycles. The molecule has 0 N–H and O–H groups in total. The van der Waals surface area contributed by atoms with Crippen LogP contribution in [0.1, 0.15) is 25.3 Å². The number of halogens is 1. The Morgan fingerprint density at radius 3 is 2.62 bits per heavy atom. The molecule has 0 atom stereocenters. The van der Waals surface area contributed by atoms with Crippen molar-refractivity contribution in [3.8, 4) is 0 Å². The van der Waals surface area contributed by atoms with Gasteiger partial charge in [0, 0.05) is 24.0 Å². The zero-order valence-electron chi connectivity index (χ0n) is 9.50. The van der Waals surface area contributed by atoms with Gasteiger partial charge in [-0.15, -0.1) is 0 Å². The highest BCUT2D eigenvalue weighted by Crippen LogP contribution is 2.30. The van der Waals surface area contributed by atoms with E-state index in [1.807, 2.05) is 0 Å². The molecule has 1 aromatic rings. The molecule has 0 spiro atoms. The molecular weight excluding hydrogens is 266 g/mol. The second-order valence-corrected chi connectivity index (χ2v) is 5.21. The molecule has 1 aromatic carbocycles. The van der Waals surface area contributed by atoms with Crippen LogP contribution in [0, 0.1) is 0 Å². The van der Waals surface area contributed by atoms with Crippen LogP contribution in [0.5, 0.6) is 0 Å². The van der Waals surface area contributed by atoms with Crippen molar-refractivity contribution in [1.82, 2.24) is 0 Å². The van der Waals surface area contributed by atoms with E-state index >= 15 is 0 Å². The number of ketones is 1. The largest absolute Gasteiger partial charge is 0.371 e. The summed E-state index contributed by atoms with van der Waals surface area (Å²) in [6.07, 6.45) is 3.09. The molecule has 16 heavy (non-hydrogen) atoms. The van der Waals surface area contributed by atoms with Gasteiger partial charge in [0.15, 0.2) is 0 Å². The first-order valence-corrected chi connectivity index (χ1v) is 6.49. The first-order valence-electron chi connectivity index (χ1n) is 5.69. The zero-order chi connectivity index (χ0) is 11.5. The maximum absolute atomic E-state index is 11.0. The molecule has 0 amide bonds. The summed E-state index contributed by atoms with van der Waals surface area (Å²) in [7, 11) is 0. The Morgan fingerprint density at radius 1 is 1.38 bits per heavy atom. The number of hydrogen-bond acceptors (Lipinski definition) is 2. The fourth-order valence-electron chi connectivity index (χ4n) is 2.16. The van der Waals surface area contributed by atoms with E-state index in [2.05, 4.69) is 39.0 Å². The molecule has 0 saturated carbocycles. The van der Waals surface area contributed by atoms with Crippen LogP contribution in [-0.2, 0) is 11.2 Å². The Bertz CT molecular complexity index is 397. The lowest BCUT2D eigenvalue weighted by Crippen LogP contribution is -2.18. The van der Waals surface area contributed by atoms with E-state index in [1.165, 1.54) is 18.5 Å². The third kappa shape index (κ3) is 2.64. The summed E-state index contributed by atoms with van der Waals surface area (Å²) in [4.78, 5) is 13.4. The summed E-state index contributed by atoms with van der Waals surface area (Å²) < 4.78 is 1.10. The molecule has 1 saturated heterocycles. The highest BCUT2D eigenvalue weighted by atomic mass is 79.9. The van der Waals surface area contributed by atoms with Crippen LogP contribution in [0.4, 0.5) is 5.69 Å². The lowest BCUT2D eigenvalue weighted by molar-refractivity contribution is -0.116. The van der Waals surface area contributed by atoms with Crippen LogP contribution in [0.2, 0.25) is 0 Å². The number of hydrogen-bond donors (Lipinski definition) is 0. The van der Waals surface area contributed by atoms with Gasteiger partial charge in [-0.2, -0.15) is 0 Å². The average Bonchev–Trinajstić information content (AvgIpc) is 2.69. The lowest BCUT2D eigenvalue weighted by atomic mass is 10.1. The first kappa shape index (κ1) is 11.6. The standard InChI is InChI=1S/C13H16BrNO/c1-10(16)8-11-4-5-13(12(14)9-11)15-6-2-3-7-15/h4-5,9H,2-3,6-8H2,1H3. The van der Waals surface area contributed by atoms with E-state index in [4.69, 9.17) is 0 Å². The Morgan fingerprint density at radius 2 is 2.06 bits per heavy atom. The minimum Gasteiger partial charge on any atom is -0.371 e. The van der Waals surface area contributed by atoms with Crippen molar-refractivity contribution >= 4 is 27.4 Å². The molecule has 86 valence electrons. The van der Waals surface area contributed by atoms with Crippen molar-refractivity contribution in [2.45, 2.75) is 26.2 Å². The van der Waals surface area contributed by atoms with Gasteiger partial charge in [0.1, 0.15) is 5.78 Å². The minimum absolute atomic E-state index is 0.209. The molecule has 3 heteroatoms. The highest BCUT2D eigenvalue weighted by Gasteiger charge is 2.15. The number of anilines is 1. The van der Waals surface area contributed by atoms with Crippen LogP contribution in [0.15, 0.2) is 22.7 Å². The predicted molar refractivity (Wildman–Crippen MR) is 70.0 cm³/mol. The molecule has 0 radical (unpaired) electrons. The van der Waals surface area contributed by atoms with Crippen molar-refractivity contribution in [3.63, 3.8) is 0 Å². The van der Waals surface area contributed by atoms with Crippen LogP contribution in [0.25, 0.3) is 0 Å². The topological polar surface area (TPSA) is 20.3 Å². The molecule has 2 rings (SSSR count). The Kier molecular flexibility index (Phi) is 3.64. The third-order valence-corrected chi connectivity index (χ3v) is 3.55. The van der Waals surface area contributed by atoms with Crippen molar-refractivity contribution in [3.05, 3.63) is 28.2 Å². The zero-order valence-corrected chi connectivity index (χ0v) is 11.1. The Hall–Kier alpha value is -0.830. The Labute approximate surface area is 105 Å². The summed E-state index contributed by atoms with van der Waals surface area (Å²) in [5.74, 6) is 0.209. The first-order chi connectivity index (χ1) is 7.66. The number of carbonyl (C=O) groups excluding carboxylic acids is 1. The number of rotatable bonds is 3. The van der Waals surface area contributed by atoms with Crippen LogP contribution in [0.3, 0.4) is 0 Å². The minimum atomic E-state index is 0.209. The molecular formula is C13H16BrNO. The molecule has 0 aromatic heterocycles. The molecule has 1 heterocycles. The van der Waals surface area contributed by atoms with Crippen LogP contribution >= 0.6 is 15.9 Å². The van der Waals surface area contributed by atoms with Gasteiger partial charge < -0.3 is 4.90 Å². The molecule has 2 nitrogen and oxygen atoms in total. The average molecular weight is 282 g/mol. The maximum atomic E-state index is 11.0. The fourth-order valence-corrected chi connectivity index (χ4v) is 2.84. The molecule has 1 aliphatic rings. The van der Waals surface area contributed by atoms with Gasteiger partial charge >= 0.3 is 0 Å². The number of nitrogens with zero attached hydrogens (tertiary/aromatic N) is 1. The summed E-state index contributed by atoms with van der Waals surface area (Å²) in [5, 5.41) is 0. The number of carbonyl (C=O) groups is 1. The van der Waals surface area contributed by atoms with Gasteiger partial charge in [0.25, 0.3) is 0 Å². The highest BCUT2D eigenvalue weighted by molar-refractivity contribution is 9.10. The lowest BCUT2D eigenvalue weighted by Gasteiger charge is -2.19. The smallest absolute Gasteiger partial charge is 0.134 e. The van der Waals surface area contributed by atoms with Crippen molar-refractivity contribution in [2.24, 2.45) is 0 Å². The van der Waals surface area contributed by atoms with E-state index in [0.29, 0.717) is 6.42 Å². The van der Waals surface area contributed by atoms with Gasteiger partial charge in [0.05, 0.1) is 5.69 Å². The van der Waals surface area contributed by atoms with Crippen LogP contribution in [-0.4, -0.2) is 18.9 Å². The van der Waals surface area contributed by atoms with E-state index in [9.17, 15) is 4.79 Å². The summed E-state index contributed by atoms with van der Waals surface area (Å²) in [6, 6.07) is 6.24. The van der Waals surface area contributed by atoms with E-state index in [-0.39, 0.29) is 5.78 Å². The van der Waals surface area contributed by atoms with Gasteiger partial charge in [-0.3, -0.25) is 4.79 Å². The van der Waals surface area contributed by atoms with Crippen molar-refractivity contribution in [1.29, 1.82) is 0 Å². The Balaban J connectivity index is 2.18. The normalized spacial score (nSPS) is 15.5. The van der Waals surface area contributed by atoms with E-state index < -0.39 is 0 Å². The number of benzene rings is 1. The second-order valence-electron chi connectivity index (χ2n) is 4.36. The SMILES string of the molecule is CC(=O)Cc1ccc(N2CCCC2)c(Br)c1. The van der Waals surface area contributed by atoms with Crippen molar-refractivity contribution in [2.75, 3.05) is 18.0 Å². The van der Waals surface area contributed by atoms with Gasteiger partial charge in [-0.1, -0.05) is 6.07 Å².